The molecule has 0 spiro atoms. The Bertz CT molecular complexity index is 523. The molecule has 1 aromatic carbocycles. The summed E-state index contributed by atoms with van der Waals surface area (Å²) in [6, 6.07) is 5.60. The second kappa shape index (κ2) is 5.48. The van der Waals surface area contributed by atoms with Crippen LogP contribution in [-0.2, 0) is 6.54 Å². The minimum atomic E-state index is 0.552. The number of para-hydroxylation sites is 1. The largest absolute Gasteiger partial charge is 0.491 e. The molecule has 1 heterocycles. The van der Waals surface area contributed by atoms with Crippen molar-refractivity contribution in [3.05, 3.63) is 18.2 Å². The fourth-order valence-corrected chi connectivity index (χ4v) is 1.80. The predicted octanol–water partition coefficient (Wildman–Crippen LogP) is 1.73. The number of tetrazole rings is 1. The van der Waals surface area contributed by atoms with Gasteiger partial charge in [0.2, 0.25) is 0 Å². The average Bonchev–Trinajstić information content (AvgIpc) is 2.81. The normalized spacial score (nSPS) is 10.6. The molecule has 0 amide bonds. The van der Waals surface area contributed by atoms with Crippen LogP contribution in [0.5, 0.6) is 5.75 Å². The van der Waals surface area contributed by atoms with Gasteiger partial charge in [-0.1, -0.05) is 13.0 Å². The van der Waals surface area contributed by atoms with Gasteiger partial charge < -0.3 is 10.5 Å². The number of benzene rings is 1. The summed E-state index contributed by atoms with van der Waals surface area (Å²) in [5, 5.41) is 11.7. The summed E-state index contributed by atoms with van der Waals surface area (Å²) >= 11 is 0. The van der Waals surface area contributed by atoms with Gasteiger partial charge in [0.25, 0.3) is 0 Å². The maximum Gasteiger partial charge on any atom is 0.185 e. The third-order valence-corrected chi connectivity index (χ3v) is 2.54. The topological polar surface area (TPSA) is 78.9 Å². The molecule has 0 saturated carbocycles. The van der Waals surface area contributed by atoms with Crippen LogP contribution in [-0.4, -0.2) is 26.8 Å². The highest BCUT2D eigenvalue weighted by atomic mass is 16.5. The minimum Gasteiger partial charge on any atom is -0.491 e. The molecule has 0 atom stereocenters. The van der Waals surface area contributed by atoms with E-state index in [-0.39, 0.29) is 0 Å². The van der Waals surface area contributed by atoms with E-state index >= 15 is 0 Å². The van der Waals surface area contributed by atoms with E-state index < -0.39 is 0 Å². The third-order valence-electron chi connectivity index (χ3n) is 2.54. The highest BCUT2D eigenvalue weighted by Crippen LogP contribution is 2.33. The second-order valence-electron chi connectivity index (χ2n) is 3.88. The molecule has 0 bridgehead atoms. The lowest BCUT2D eigenvalue weighted by atomic mass is 10.1. The van der Waals surface area contributed by atoms with E-state index in [0.29, 0.717) is 23.9 Å². The molecule has 0 aliphatic carbocycles. The van der Waals surface area contributed by atoms with E-state index in [9.17, 15) is 0 Å². The number of nitrogens with zero attached hydrogens (tertiary/aromatic N) is 4. The van der Waals surface area contributed by atoms with Crippen molar-refractivity contribution in [2.45, 2.75) is 26.8 Å². The van der Waals surface area contributed by atoms with E-state index in [4.69, 9.17) is 10.5 Å². The van der Waals surface area contributed by atoms with Gasteiger partial charge in [0.1, 0.15) is 0 Å². The third kappa shape index (κ3) is 2.27. The van der Waals surface area contributed by atoms with Gasteiger partial charge in [0.05, 0.1) is 17.9 Å². The lowest BCUT2D eigenvalue weighted by Crippen LogP contribution is -2.05. The van der Waals surface area contributed by atoms with Crippen LogP contribution in [0, 0.1) is 0 Å². The van der Waals surface area contributed by atoms with Crippen molar-refractivity contribution >= 4 is 5.69 Å². The van der Waals surface area contributed by atoms with E-state index in [1.54, 1.807) is 4.68 Å². The Kier molecular flexibility index (Phi) is 3.76. The van der Waals surface area contributed by atoms with Gasteiger partial charge in [-0.05, 0) is 35.9 Å². The molecule has 2 N–H and O–H groups in total. The summed E-state index contributed by atoms with van der Waals surface area (Å²) in [5.74, 6) is 1.33. The van der Waals surface area contributed by atoms with E-state index in [1.165, 1.54) is 0 Å². The maximum absolute atomic E-state index is 5.93. The standard InChI is InChI=1S/C12H17N5O/c1-3-8-17-12(14-15-16-17)9-6-5-7-10(13)11(9)18-4-2/h5-7H,3-4,8,13H2,1-2H3. The quantitative estimate of drug-likeness (QED) is 0.814. The van der Waals surface area contributed by atoms with Gasteiger partial charge in [-0.2, -0.15) is 0 Å². The molecule has 0 fully saturated rings. The van der Waals surface area contributed by atoms with E-state index in [1.807, 2.05) is 25.1 Å². The van der Waals surface area contributed by atoms with Crippen molar-refractivity contribution in [2.24, 2.45) is 0 Å². The molecule has 18 heavy (non-hydrogen) atoms. The number of nitrogens with two attached hydrogens (primary N) is 1. The van der Waals surface area contributed by atoms with Crippen molar-refractivity contribution in [3.63, 3.8) is 0 Å². The van der Waals surface area contributed by atoms with Crippen molar-refractivity contribution < 1.29 is 4.74 Å². The van der Waals surface area contributed by atoms with Crippen LogP contribution in [0.25, 0.3) is 11.4 Å². The Morgan fingerprint density at radius 1 is 1.33 bits per heavy atom. The molecule has 0 aliphatic heterocycles. The Morgan fingerprint density at radius 2 is 2.17 bits per heavy atom. The monoisotopic (exact) mass is 247 g/mol. The zero-order chi connectivity index (χ0) is 13.0. The molecule has 6 heteroatoms. The first-order valence-corrected chi connectivity index (χ1v) is 6.05. The summed E-state index contributed by atoms with van der Waals surface area (Å²) in [4.78, 5) is 0. The number of hydrogen-bond acceptors (Lipinski definition) is 5. The van der Waals surface area contributed by atoms with Crippen LogP contribution in [0.2, 0.25) is 0 Å². The number of ether oxygens (including phenoxy) is 1. The number of anilines is 1. The molecule has 96 valence electrons. The lowest BCUT2D eigenvalue weighted by molar-refractivity contribution is 0.343. The summed E-state index contributed by atoms with van der Waals surface area (Å²) in [7, 11) is 0. The van der Waals surface area contributed by atoms with Crippen molar-refractivity contribution in [2.75, 3.05) is 12.3 Å². The number of rotatable bonds is 5. The summed E-state index contributed by atoms with van der Waals surface area (Å²) in [6.07, 6.45) is 0.963. The van der Waals surface area contributed by atoms with Crippen LogP contribution in [0.3, 0.4) is 0 Å². The van der Waals surface area contributed by atoms with Crippen LogP contribution in [0.4, 0.5) is 5.69 Å². The zero-order valence-electron chi connectivity index (χ0n) is 10.6. The first-order chi connectivity index (χ1) is 8.77. The molecule has 0 aliphatic rings. The average molecular weight is 247 g/mol. The number of hydrogen-bond donors (Lipinski definition) is 1. The molecule has 1 aromatic heterocycles. The van der Waals surface area contributed by atoms with Crippen LogP contribution >= 0.6 is 0 Å². The van der Waals surface area contributed by atoms with E-state index in [0.717, 1.165) is 18.5 Å². The van der Waals surface area contributed by atoms with Gasteiger partial charge in [0, 0.05) is 6.54 Å². The fourth-order valence-electron chi connectivity index (χ4n) is 1.80. The smallest absolute Gasteiger partial charge is 0.185 e. The SMILES string of the molecule is CCCn1nnnc1-c1cccc(N)c1OCC. The molecular weight excluding hydrogens is 230 g/mol. The molecule has 6 nitrogen and oxygen atoms in total. The maximum atomic E-state index is 5.93. The molecule has 2 aromatic rings. The Balaban J connectivity index is 2.49. The van der Waals surface area contributed by atoms with Crippen LogP contribution < -0.4 is 10.5 Å². The van der Waals surface area contributed by atoms with Gasteiger partial charge in [-0.15, -0.1) is 5.10 Å². The number of aromatic nitrogens is 4. The van der Waals surface area contributed by atoms with Crippen molar-refractivity contribution in [1.82, 2.24) is 20.2 Å². The van der Waals surface area contributed by atoms with Gasteiger partial charge in [-0.25, -0.2) is 4.68 Å². The predicted molar refractivity (Wildman–Crippen MR) is 69.1 cm³/mol. The molecular formula is C12H17N5O. The van der Waals surface area contributed by atoms with Gasteiger partial charge in [0.15, 0.2) is 11.6 Å². The summed E-state index contributed by atoms with van der Waals surface area (Å²) in [5.41, 5.74) is 7.36. The summed E-state index contributed by atoms with van der Waals surface area (Å²) < 4.78 is 7.35. The van der Waals surface area contributed by atoms with Crippen molar-refractivity contribution in [1.29, 1.82) is 0 Å². The fraction of sp³-hybridized carbons (Fsp3) is 0.417. The Labute approximate surface area is 106 Å². The van der Waals surface area contributed by atoms with Crippen molar-refractivity contribution in [3.8, 4) is 17.1 Å². The van der Waals surface area contributed by atoms with Gasteiger partial charge in [-0.3, -0.25) is 0 Å². The van der Waals surface area contributed by atoms with Crippen LogP contribution in [0.1, 0.15) is 20.3 Å². The minimum absolute atomic E-state index is 0.552. The first-order valence-electron chi connectivity index (χ1n) is 6.05. The highest BCUT2D eigenvalue weighted by Gasteiger charge is 2.15. The molecule has 0 radical (unpaired) electrons. The summed E-state index contributed by atoms with van der Waals surface area (Å²) in [6.45, 7) is 5.32. The first kappa shape index (κ1) is 12.3. The lowest BCUT2D eigenvalue weighted by Gasteiger charge is -2.12. The zero-order valence-corrected chi connectivity index (χ0v) is 10.6. The molecule has 0 saturated heterocycles. The van der Waals surface area contributed by atoms with Gasteiger partial charge >= 0.3 is 0 Å². The number of nitrogen functional groups attached to an aromatic ring is 1. The Morgan fingerprint density at radius 3 is 2.89 bits per heavy atom. The molecule has 0 unspecified atom stereocenters. The highest BCUT2D eigenvalue weighted by molar-refractivity contribution is 5.73. The number of aryl methyl sites for hydroxylation is 1. The molecule has 2 rings (SSSR count). The second-order valence-corrected chi connectivity index (χ2v) is 3.88. The van der Waals surface area contributed by atoms with Crippen LogP contribution in [0.15, 0.2) is 18.2 Å². The Hall–Kier alpha value is -2.11. The van der Waals surface area contributed by atoms with E-state index in [2.05, 4.69) is 22.4 Å².